The molecule has 10 heavy (non-hydrogen) atoms. The third kappa shape index (κ3) is 1.50. The van der Waals surface area contributed by atoms with Crippen LogP contribution >= 0.6 is 11.3 Å². The highest BCUT2D eigenvalue weighted by molar-refractivity contribution is 7.11. The van der Waals surface area contributed by atoms with Crippen LogP contribution in [0.25, 0.3) is 0 Å². The second-order valence-corrected chi connectivity index (χ2v) is 3.07. The lowest BCUT2D eigenvalue weighted by molar-refractivity contribution is 0.280. The standard InChI is InChI=1S/C5H9N3OS/c1-3(6)5-8-7-4(2-9)10-5/h3,9H,2,6H2,1H3. The summed E-state index contributed by atoms with van der Waals surface area (Å²) >= 11 is 1.34. The maximum Gasteiger partial charge on any atom is 0.143 e. The molecular formula is C5H9N3OS. The number of nitrogens with two attached hydrogens (primary N) is 1. The fraction of sp³-hybridized carbons (Fsp3) is 0.600. The molecule has 0 amide bonds. The van der Waals surface area contributed by atoms with E-state index in [1.807, 2.05) is 6.92 Å². The maximum absolute atomic E-state index is 8.60. The molecule has 5 heteroatoms. The highest BCUT2D eigenvalue weighted by atomic mass is 32.1. The third-order valence-corrected chi connectivity index (χ3v) is 2.12. The van der Waals surface area contributed by atoms with E-state index in [0.29, 0.717) is 5.01 Å². The van der Waals surface area contributed by atoms with Crippen LogP contribution in [0.1, 0.15) is 23.0 Å². The summed E-state index contributed by atoms with van der Waals surface area (Å²) in [4.78, 5) is 0. The van der Waals surface area contributed by atoms with E-state index in [9.17, 15) is 0 Å². The second kappa shape index (κ2) is 3.05. The van der Waals surface area contributed by atoms with Crippen molar-refractivity contribution in [2.75, 3.05) is 0 Å². The number of aliphatic hydroxyl groups excluding tert-OH is 1. The van der Waals surface area contributed by atoms with Crippen LogP contribution in [0.5, 0.6) is 0 Å². The van der Waals surface area contributed by atoms with E-state index in [1.165, 1.54) is 11.3 Å². The summed E-state index contributed by atoms with van der Waals surface area (Å²) in [7, 11) is 0. The largest absolute Gasteiger partial charge is 0.389 e. The second-order valence-electron chi connectivity index (χ2n) is 1.98. The van der Waals surface area contributed by atoms with Gasteiger partial charge in [-0.2, -0.15) is 0 Å². The van der Waals surface area contributed by atoms with Gasteiger partial charge in [0.25, 0.3) is 0 Å². The van der Waals surface area contributed by atoms with E-state index in [4.69, 9.17) is 10.8 Å². The fourth-order valence-electron chi connectivity index (χ4n) is 0.514. The van der Waals surface area contributed by atoms with Gasteiger partial charge in [0.05, 0.1) is 12.6 Å². The van der Waals surface area contributed by atoms with Crippen molar-refractivity contribution >= 4 is 11.3 Å². The summed E-state index contributed by atoms with van der Waals surface area (Å²) in [6.07, 6.45) is 0. The van der Waals surface area contributed by atoms with Gasteiger partial charge in [0.15, 0.2) is 0 Å². The van der Waals surface area contributed by atoms with Gasteiger partial charge in [-0.1, -0.05) is 11.3 Å². The summed E-state index contributed by atoms with van der Waals surface area (Å²) in [6.45, 7) is 1.78. The van der Waals surface area contributed by atoms with Gasteiger partial charge in [0.1, 0.15) is 10.0 Å². The highest BCUT2D eigenvalue weighted by Gasteiger charge is 2.05. The minimum absolute atomic E-state index is 0.0512. The Morgan fingerprint density at radius 1 is 1.70 bits per heavy atom. The molecule has 1 aromatic heterocycles. The lowest BCUT2D eigenvalue weighted by atomic mass is 10.4. The first kappa shape index (κ1) is 7.59. The zero-order valence-corrected chi connectivity index (χ0v) is 6.43. The predicted octanol–water partition coefficient (Wildman–Crippen LogP) is 0.0501. The molecule has 0 saturated carbocycles. The van der Waals surface area contributed by atoms with E-state index in [2.05, 4.69) is 10.2 Å². The number of aromatic nitrogens is 2. The smallest absolute Gasteiger partial charge is 0.143 e. The van der Waals surface area contributed by atoms with Crippen LogP contribution in [0.2, 0.25) is 0 Å². The van der Waals surface area contributed by atoms with Crippen molar-refractivity contribution in [3.8, 4) is 0 Å². The number of nitrogens with zero attached hydrogens (tertiary/aromatic N) is 2. The van der Waals surface area contributed by atoms with Crippen molar-refractivity contribution in [3.63, 3.8) is 0 Å². The Hall–Kier alpha value is -0.520. The van der Waals surface area contributed by atoms with Gasteiger partial charge in [0, 0.05) is 0 Å². The molecule has 0 aliphatic rings. The number of aliphatic hydroxyl groups is 1. The third-order valence-electron chi connectivity index (χ3n) is 1.01. The summed E-state index contributed by atoms with van der Waals surface area (Å²) < 4.78 is 0. The van der Waals surface area contributed by atoms with Gasteiger partial charge in [-0.3, -0.25) is 0 Å². The van der Waals surface area contributed by atoms with Gasteiger partial charge in [0.2, 0.25) is 0 Å². The molecule has 0 spiro atoms. The first-order chi connectivity index (χ1) is 4.74. The molecule has 0 fully saturated rings. The van der Waals surface area contributed by atoms with E-state index in [1.54, 1.807) is 0 Å². The fourth-order valence-corrected chi connectivity index (χ4v) is 1.17. The molecule has 0 aromatic carbocycles. The monoisotopic (exact) mass is 159 g/mol. The molecule has 4 nitrogen and oxygen atoms in total. The highest BCUT2D eigenvalue weighted by Crippen LogP contribution is 2.14. The molecule has 0 bridgehead atoms. The van der Waals surface area contributed by atoms with Gasteiger partial charge in [-0.15, -0.1) is 10.2 Å². The van der Waals surface area contributed by atoms with E-state index in [-0.39, 0.29) is 12.6 Å². The molecule has 0 saturated heterocycles. The van der Waals surface area contributed by atoms with Crippen LogP contribution in [-0.2, 0) is 6.61 Å². The summed E-state index contributed by atoms with van der Waals surface area (Å²) in [6, 6.07) is -0.0854. The molecule has 1 rings (SSSR count). The van der Waals surface area contributed by atoms with Gasteiger partial charge in [-0.25, -0.2) is 0 Å². The van der Waals surface area contributed by atoms with Gasteiger partial charge >= 0.3 is 0 Å². The minimum atomic E-state index is -0.0854. The Balaban J connectivity index is 2.78. The first-order valence-corrected chi connectivity index (χ1v) is 3.74. The maximum atomic E-state index is 8.60. The molecule has 1 unspecified atom stereocenters. The number of rotatable bonds is 2. The van der Waals surface area contributed by atoms with Gasteiger partial charge in [-0.05, 0) is 6.92 Å². The van der Waals surface area contributed by atoms with Crippen LogP contribution in [0.4, 0.5) is 0 Å². The Labute approximate surface area is 62.7 Å². The Bertz CT molecular complexity index is 210. The Kier molecular flexibility index (Phi) is 2.31. The van der Waals surface area contributed by atoms with Crippen molar-refractivity contribution in [1.29, 1.82) is 0 Å². The lowest BCUT2D eigenvalue weighted by Gasteiger charge is -1.93. The van der Waals surface area contributed by atoms with E-state index < -0.39 is 0 Å². The topological polar surface area (TPSA) is 72.0 Å². The molecule has 1 aromatic rings. The molecule has 1 atom stereocenters. The summed E-state index contributed by atoms with van der Waals surface area (Å²) in [5.74, 6) is 0. The average molecular weight is 159 g/mol. The Morgan fingerprint density at radius 3 is 2.70 bits per heavy atom. The van der Waals surface area contributed by atoms with Crippen LogP contribution in [0.15, 0.2) is 0 Å². The van der Waals surface area contributed by atoms with Crippen LogP contribution in [-0.4, -0.2) is 15.3 Å². The number of hydrogen-bond acceptors (Lipinski definition) is 5. The molecule has 0 radical (unpaired) electrons. The molecule has 0 aliphatic carbocycles. The van der Waals surface area contributed by atoms with Crippen molar-refractivity contribution in [1.82, 2.24) is 10.2 Å². The zero-order chi connectivity index (χ0) is 7.56. The quantitative estimate of drug-likeness (QED) is 0.639. The molecule has 0 aliphatic heterocycles. The van der Waals surface area contributed by atoms with Crippen LogP contribution in [0.3, 0.4) is 0 Å². The normalized spacial score (nSPS) is 13.5. The van der Waals surface area contributed by atoms with Crippen molar-refractivity contribution in [3.05, 3.63) is 10.0 Å². The van der Waals surface area contributed by atoms with Crippen molar-refractivity contribution in [2.45, 2.75) is 19.6 Å². The molecular weight excluding hydrogens is 150 g/mol. The Morgan fingerprint density at radius 2 is 2.40 bits per heavy atom. The minimum Gasteiger partial charge on any atom is -0.389 e. The van der Waals surface area contributed by atoms with E-state index >= 15 is 0 Å². The summed E-state index contributed by atoms with van der Waals surface area (Å²) in [5.41, 5.74) is 5.51. The summed E-state index contributed by atoms with van der Waals surface area (Å²) in [5, 5.41) is 17.4. The van der Waals surface area contributed by atoms with Crippen molar-refractivity contribution in [2.24, 2.45) is 5.73 Å². The van der Waals surface area contributed by atoms with Crippen LogP contribution < -0.4 is 5.73 Å². The molecule has 1 heterocycles. The first-order valence-electron chi connectivity index (χ1n) is 2.92. The van der Waals surface area contributed by atoms with E-state index in [0.717, 1.165) is 5.01 Å². The van der Waals surface area contributed by atoms with Crippen LogP contribution in [0, 0.1) is 0 Å². The average Bonchev–Trinajstić information content (AvgIpc) is 2.34. The lowest BCUT2D eigenvalue weighted by Crippen LogP contribution is -2.03. The molecule has 3 N–H and O–H groups in total. The number of hydrogen-bond donors (Lipinski definition) is 2. The van der Waals surface area contributed by atoms with Crippen molar-refractivity contribution < 1.29 is 5.11 Å². The predicted molar refractivity (Wildman–Crippen MR) is 38.4 cm³/mol. The zero-order valence-electron chi connectivity index (χ0n) is 5.61. The SMILES string of the molecule is CC(N)c1nnc(CO)s1. The van der Waals surface area contributed by atoms with Gasteiger partial charge < -0.3 is 10.8 Å². The molecule has 56 valence electrons.